The van der Waals surface area contributed by atoms with E-state index in [2.05, 4.69) is 5.32 Å². The van der Waals surface area contributed by atoms with E-state index in [0.29, 0.717) is 15.8 Å². The van der Waals surface area contributed by atoms with Crippen molar-refractivity contribution in [3.63, 3.8) is 0 Å². The topological polar surface area (TPSA) is 58.6 Å². The molecule has 0 aromatic heterocycles. The first kappa shape index (κ1) is 17.9. The molecule has 2 amide bonds. The summed E-state index contributed by atoms with van der Waals surface area (Å²) in [5.74, 6) is -0.0438. The van der Waals surface area contributed by atoms with Gasteiger partial charge in [0.25, 0.3) is 5.91 Å². The van der Waals surface area contributed by atoms with Gasteiger partial charge in [-0.25, -0.2) is 0 Å². The number of carbonyl (C=O) groups is 2. The summed E-state index contributed by atoms with van der Waals surface area (Å²) in [6, 6.07) is 4.20. The lowest BCUT2D eigenvalue weighted by molar-refractivity contribution is -0.137. The molecule has 1 aromatic rings. The highest BCUT2D eigenvalue weighted by Crippen LogP contribution is 2.27. The Morgan fingerprint density at radius 2 is 1.96 bits per heavy atom. The number of nitrogens with one attached hydrogen (secondary N) is 1. The van der Waals surface area contributed by atoms with Crippen molar-refractivity contribution in [1.82, 2.24) is 10.2 Å². The van der Waals surface area contributed by atoms with Crippen molar-refractivity contribution in [1.29, 1.82) is 0 Å². The Hall–Kier alpha value is -1.46. The van der Waals surface area contributed by atoms with Crippen LogP contribution in [0.5, 0.6) is 5.75 Å². The van der Waals surface area contributed by atoms with Crippen LogP contribution in [-0.2, 0) is 9.59 Å². The van der Waals surface area contributed by atoms with E-state index in [9.17, 15) is 9.59 Å². The van der Waals surface area contributed by atoms with E-state index in [-0.39, 0.29) is 18.4 Å². The van der Waals surface area contributed by atoms with Crippen LogP contribution in [0, 0.1) is 0 Å². The molecule has 0 spiro atoms. The number of likely N-dealkylation sites (tertiary alicyclic amines) is 1. The third kappa shape index (κ3) is 5.29. The van der Waals surface area contributed by atoms with Crippen LogP contribution in [0.2, 0.25) is 10.0 Å². The minimum Gasteiger partial charge on any atom is -0.482 e. The van der Waals surface area contributed by atoms with Crippen molar-refractivity contribution in [3.8, 4) is 5.75 Å². The van der Waals surface area contributed by atoms with Crippen molar-refractivity contribution < 1.29 is 14.3 Å². The Balaban J connectivity index is 1.80. The zero-order chi connectivity index (χ0) is 16.8. The standard InChI is InChI=1S/C16H20Cl2N2O3/c1-11(16(22)20-7-3-2-4-8-20)19-15(21)10-23-14-6-5-12(17)9-13(14)18/h5-6,9,11H,2-4,7-8,10H2,1H3,(H,19,21)/t11-/m0/s1. The monoisotopic (exact) mass is 358 g/mol. The maximum atomic E-state index is 12.2. The summed E-state index contributed by atoms with van der Waals surface area (Å²) in [6.45, 7) is 2.99. The fourth-order valence-corrected chi connectivity index (χ4v) is 2.93. The Bertz CT molecular complexity index is 574. The van der Waals surface area contributed by atoms with Gasteiger partial charge < -0.3 is 15.0 Å². The number of hydrogen-bond donors (Lipinski definition) is 1. The summed E-state index contributed by atoms with van der Waals surface area (Å²) < 4.78 is 5.35. The van der Waals surface area contributed by atoms with Gasteiger partial charge in [0.05, 0.1) is 5.02 Å². The molecule has 1 atom stereocenters. The number of amides is 2. The fraction of sp³-hybridized carbons (Fsp3) is 0.500. The third-order valence-electron chi connectivity index (χ3n) is 3.67. The van der Waals surface area contributed by atoms with Crippen molar-refractivity contribution >= 4 is 35.0 Å². The Morgan fingerprint density at radius 3 is 2.61 bits per heavy atom. The molecule has 1 fully saturated rings. The van der Waals surface area contributed by atoms with E-state index in [4.69, 9.17) is 27.9 Å². The molecule has 1 aliphatic heterocycles. The predicted octanol–water partition coefficient (Wildman–Crippen LogP) is 2.89. The Morgan fingerprint density at radius 1 is 1.26 bits per heavy atom. The normalized spacial score (nSPS) is 15.9. The van der Waals surface area contributed by atoms with Crippen LogP contribution in [0.15, 0.2) is 18.2 Å². The maximum Gasteiger partial charge on any atom is 0.258 e. The summed E-state index contributed by atoms with van der Waals surface area (Å²) in [5.41, 5.74) is 0. The van der Waals surface area contributed by atoms with E-state index >= 15 is 0 Å². The molecule has 0 radical (unpaired) electrons. The number of rotatable bonds is 5. The van der Waals surface area contributed by atoms with E-state index in [1.54, 1.807) is 30.0 Å². The van der Waals surface area contributed by atoms with Crippen LogP contribution < -0.4 is 10.1 Å². The summed E-state index contributed by atoms with van der Waals surface area (Å²) in [4.78, 5) is 25.9. The first-order valence-corrected chi connectivity index (χ1v) is 8.39. The smallest absolute Gasteiger partial charge is 0.258 e. The average molecular weight is 359 g/mol. The number of benzene rings is 1. The highest BCUT2D eigenvalue weighted by molar-refractivity contribution is 6.35. The number of nitrogens with zero attached hydrogens (tertiary/aromatic N) is 1. The summed E-state index contributed by atoms with van der Waals surface area (Å²) >= 11 is 11.8. The van der Waals surface area contributed by atoms with Gasteiger partial charge in [-0.2, -0.15) is 0 Å². The molecule has 0 aliphatic carbocycles. The van der Waals surface area contributed by atoms with Gasteiger partial charge in [-0.15, -0.1) is 0 Å². The molecule has 2 rings (SSSR count). The van der Waals surface area contributed by atoms with Gasteiger partial charge in [-0.1, -0.05) is 23.2 Å². The number of carbonyl (C=O) groups excluding carboxylic acids is 2. The van der Waals surface area contributed by atoms with Gasteiger partial charge in [-0.05, 0) is 44.4 Å². The lowest BCUT2D eigenvalue weighted by Gasteiger charge is -2.29. The summed E-state index contributed by atoms with van der Waals surface area (Å²) in [6.07, 6.45) is 3.19. The van der Waals surface area contributed by atoms with Gasteiger partial charge in [0.1, 0.15) is 11.8 Å². The number of ether oxygens (including phenoxy) is 1. The first-order valence-electron chi connectivity index (χ1n) is 7.63. The van der Waals surface area contributed by atoms with Crippen molar-refractivity contribution in [2.45, 2.75) is 32.2 Å². The van der Waals surface area contributed by atoms with Gasteiger partial charge in [0, 0.05) is 18.1 Å². The number of piperidine rings is 1. The van der Waals surface area contributed by atoms with Crippen molar-refractivity contribution in [2.24, 2.45) is 0 Å². The highest BCUT2D eigenvalue weighted by atomic mass is 35.5. The van der Waals surface area contributed by atoms with Crippen molar-refractivity contribution in [3.05, 3.63) is 28.2 Å². The fourth-order valence-electron chi connectivity index (χ4n) is 2.47. The zero-order valence-corrected chi connectivity index (χ0v) is 14.5. The van der Waals surface area contributed by atoms with Crippen LogP contribution in [0.4, 0.5) is 0 Å². The summed E-state index contributed by atoms with van der Waals surface area (Å²) in [7, 11) is 0. The second-order valence-electron chi connectivity index (χ2n) is 5.54. The second kappa shape index (κ2) is 8.41. The van der Waals surface area contributed by atoms with Gasteiger partial charge >= 0.3 is 0 Å². The molecule has 5 nitrogen and oxygen atoms in total. The molecular weight excluding hydrogens is 339 g/mol. The van der Waals surface area contributed by atoms with Gasteiger partial charge in [0.2, 0.25) is 5.91 Å². The number of hydrogen-bond acceptors (Lipinski definition) is 3. The van der Waals surface area contributed by atoms with Gasteiger partial charge in [0.15, 0.2) is 6.61 Å². The van der Waals surface area contributed by atoms with Crippen LogP contribution >= 0.6 is 23.2 Å². The SMILES string of the molecule is C[C@H](NC(=O)COc1ccc(Cl)cc1Cl)C(=O)N1CCCCC1. The van der Waals surface area contributed by atoms with Crippen LogP contribution in [0.1, 0.15) is 26.2 Å². The van der Waals surface area contributed by atoms with Gasteiger partial charge in [-0.3, -0.25) is 9.59 Å². The molecule has 1 saturated heterocycles. The molecule has 1 aliphatic rings. The molecule has 126 valence electrons. The van der Waals surface area contributed by atoms with E-state index in [1.807, 2.05) is 0 Å². The second-order valence-corrected chi connectivity index (χ2v) is 6.38. The molecule has 0 unspecified atom stereocenters. The first-order chi connectivity index (χ1) is 11.0. The van der Waals surface area contributed by atoms with Crippen LogP contribution in [0.25, 0.3) is 0 Å². The lowest BCUT2D eigenvalue weighted by Crippen LogP contribution is -2.49. The van der Waals surface area contributed by atoms with Crippen LogP contribution in [0.3, 0.4) is 0 Å². The molecule has 1 aromatic carbocycles. The molecule has 1 N–H and O–H groups in total. The highest BCUT2D eigenvalue weighted by Gasteiger charge is 2.23. The average Bonchev–Trinajstić information content (AvgIpc) is 2.54. The zero-order valence-electron chi connectivity index (χ0n) is 13.0. The molecular formula is C16H20Cl2N2O3. The van der Waals surface area contributed by atoms with E-state index < -0.39 is 6.04 Å². The molecule has 0 bridgehead atoms. The summed E-state index contributed by atoms with van der Waals surface area (Å²) in [5, 5.41) is 3.48. The third-order valence-corrected chi connectivity index (χ3v) is 4.20. The van der Waals surface area contributed by atoms with Crippen molar-refractivity contribution in [2.75, 3.05) is 19.7 Å². The quantitative estimate of drug-likeness (QED) is 0.880. The van der Waals surface area contributed by atoms with E-state index in [1.165, 1.54) is 0 Å². The molecule has 0 saturated carbocycles. The van der Waals surface area contributed by atoms with E-state index in [0.717, 1.165) is 32.4 Å². The van der Waals surface area contributed by atoms with Crippen LogP contribution in [-0.4, -0.2) is 42.5 Å². The Labute approximate surface area is 145 Å². The lowest BCUT2D eigenvalue weighted by atomic mass is 10.1. The number of halogens is 2. The maximum absolute atomic E-state index is 12.2. The molecule has 23 heavy (non-hydrogen) atoms. The molecule has 1 heterocycles. The Kier molecular flexibility index (Phi) is 6.54. The largest absolute Gasteiger partial charge is 0.482 e. The predicted molar refractivity (Wildman–Crippen MR) is 90.0 cm³/mol. The minimum absolute atomic E-state index is 0.0532. The minimum atomic E-state index is -0.565. The molecule has 7 heteroatoms.